The minimum absolute atomic E-state index is 0.0336. The lowest BCUT2D eigenvalue weighted by molar-refractivity contribution is -0.131. The third kappa shape index (κ3) is 4.78. The van der Waals surface area contributed by atoms with E-state index in [4.69, 9.17) is 10.5 Å². The van der Waals surface area contributed by atoms with Gasteiger partial charge < -0.3 is 20.7 Å². The van der Waals surface area contributed by atoms with Crippen molar-refractivity contribution < 1.29 is 9.53 Å². The standard InChI is InChI=1S/C17H28N6O2/c1-11-5-6-14(25-11)15(24)19-10-13-4-3-8-23(9-7-13)17-21-12(2)20-16(18)22-17/h11,13-14H,3-10H2,1-2H3,(H,19,24)(H2,18,20,21,22). The Morgan fingerprint density at radius 2 is 2.08 bits per heavy atom. The van der Waals surface area contributed by atoms with Gasteiger partial charge in [0.25, 0.3) is 0 Å². The Hall–Kier alpha value is -1.96. The second-order valence-corrected chi connectivity index (χ2v) is 7.08. The average molecular weight is 348 g/mol. The van der Waals surface area contributed by atoms with E-state index in [1.54, 1.807) is 0 Å². The zero-order valence-electron chi connectivity index (χ0n) is 15.1. The van der Waals surface area contributed by atoms with Gasteiger partial charge in [-0.15, -0.1) is 0 Å². The van der Waals surface area contributed by atoms with Gasteiger partial charge in [-0.2, -0.15) is 15.0 Å². The molecule has 1 aromatic rings. The van der Waals surface area contributed by atoms with E-state index >= 15 is 0 Å². The van der Waals surface area contributed by atoms with Crippen molar-refractivity contribution in [3.8, 4) is 0 Å². The highest BCUT2D eigenvalue weighted by Gasteiger charge is 2.28. The maximum Gasteiger partial charge on any atom is 0.249 e. The van der Waals surface area contributed by atoms with Gasteiger partial charge in [0.1, 0.15) is 11.9 Å². The summed E-state index contributed by atoms with van der Waals surface area (Å²) in [6, 6.07) is 0. The van der Waals surface area contributed by atoms with Crippen LogP contribution in [0.5, 0.6) is 0 Å². The van der Waals surface area contributed by atoms with E-state index in [0.717, 1.165) is 45.2 Å². The summed E-state index contributed by atoms with van der Waals surface area (Å²) < 4.78 is 5.63. The number of rotatable bonds is 4. The molecule has 0 bridgehead atoms. The molecule has 3 rings (SSSR count). The zero-order valence-corrected chi connectivity index (χ0v) is 15.1. The van der Waals surface area contributed by atoms with Crippen LogP contribution in [0, 0.1) is 12.8 Å². The molecule has 0 spiro atoms. The van der Waals surface area contributed by atoms with E-state index in [1.807, 2.05) is 13.8 Å². The van der Waals surface area contributed by atoms with Crippen molar-refractivity contribution >= 4 is 17.8 Å². The van der Waals surface area contributed by atoms with Crippen molar-refractivity contribution in [2.45, 2.75) is 58.2 Å². The van der Waals surface area contributed by atoms with Crippen LogP contribution < -0.4 is 16.0 Å². The molecule has 0 aromatic carbocycles. The van der Waals surface area contributed by atoms with Crippen LogP contribution in [0.15, 0.2) is 0 Å². The monoisotopic (exact) mass is 348 g/mol. The number of nitrogen functional groups attached to an aromatic ring is 1. The normalized spacial score (nSPS) is 27.1. The van der Waals surface area contributed by atoms with Crippen LogP contribution >= 0.6 is 0 Å². The fourth-order valence-electron chi connectivity index (χ4n) is 3.55. The number of carbonyl (C=O) groups is 1. The van der Waals surface area contributed by atoms with E-state index in [9.17, 15) is 4.79 Å². The summed E-state index contributed by atoms with van der Waals surface area (Å²) >= 11 is 0. The van der Waals surface area contributed by atoms with Gasteiger partial charge in [-0.25, -0.2) is 0 Å². The quantitative estimate of drug-likeness (QED) is 0.837. The lowest BCUT2D eigenvalue weighted by Crippen LogP contribution is -2.37. The first-order valence-corrected chi connectivity index (χ1v) is 9.17. The number of anilines is 2. The van der Waals surface area contributed by atoms with Crippen LogP contribution in [0.4, 0.5) is 11.9 Å². The Balaban J connectivity index is 1.49. The van der Waals surface area contributed by atoms with E-state index in [-0.39, 0.29) is 24.1 Å². The molecule has 8 heteroatoms. The number of aromatic nitrogens is 3. The summed E-state index contributed by atoms with van der Waals surface area (Å²) in [5, 5.41) is 3.07. The molecule has 138 valence electrons. The second kappa shape index (κ2) is 7.95. The SMILES string of the molecule is Cc1nc(N)nc(N2CCCC(CNC(=O)C3CCC(C)O3)CC2)n1. The Morgan fingerprint density at radius 3 is 2.80 bits per heavy atom. The molecular weight excluding hydrogens is 320 g/mol. The molecule has 0 saturated carbocycles. The van der Waals surface area contributed by atoms with Crippen molar-refractivity contribution in [1.29, 1.82) is 0 Å². The van der Waals surface area contributed by atoms with Gasteiger partial charge in [0.05, 0.1) is 6.10 Å². The summed E-state index contributed by atoms with van der Waals surface area (Å²) in [6.45, 7) is 6.31. The van der Waals surface area contributed by atoms with Crippen molar-refractivity contribution in [1.82, 2.24) is 20.3 Å². The van der Waals surface area contributed by atoms with Gasteiger partial charge in [0.2, 0.25) is 17.8 Å². The first kappa shape index (κ1) is 17.8. The van der Waals surface area contributed by atoms with Crippen LogP contribution in [-0.4, -0.2) is 52.7 Å². The largest absolute Gasteiger partial charge is 0.368 e. The third-order valence-electron chi connectivity index (χ3n) is 4.97. The number of ether oxygens (including phenoxy) is 1. The van der Waals surface area contributed by atoms with Crippen molar-refractivity contribution in [3.05, 3.63) is 5.82 Å². The van der Waals surface area contributed by atoms with Gasteiger partial charge in [-0.05, 0) is 51.9 Å². The highest BCUT2D eigenvalue weighted by molar-refractivity contribution is 5.81. The lowest BCUT2D eigenvalue weighted by Gasteiger charge is -2.21. The van der Waals surface area contributed by atoms with Crippen LogP contribution in [0.25, 0.3) is 0 Å². The number of carbonyl (C=O) groups excluding carboxylic acids is 1. The number of hydrogen-bond acceptors (Lipinski definition) is 7. The maximum absolute atomic E-state index is 12.2. The zero-order chi connectivity index (χ0) is 17.8. The summed E-state index contributed by atoms with van der Waals surface area (Å²) in [6.07, 6.45) is 4.83. The molecule has 0 aliphatic carbocycles. The van der Waals surface area contributed by atoms with E-state index < -0.39 is 0 Å². The summed E-state index contributed by atoms with van der Waals surface area (Å²) in [5.41, 5.74) is 5.73. The van der Waals surface area contributed by atoms with E-state index in [2.05, 4.69) is 25.2 Å². The predicted molar refractivity (Wildman–Crippen MR) is 95.1 cm³/mol. The van der Waals surface area contributed by atoms with Gasteiger partial charge in [0.15, 0.2) is 0 Å². The molecule has 3 unspecified atom stereocenters. The topological polar surface area (TPSA) is 106 Å². The van der Waals surface area contributed by atoms with Gasteiger partial charge in [0, 0.05) is 19.6 Å². The van der Waals surface area contributed by atoms with Crippen molar-refractivity contribution in [2.24, 2.45) is 5.92 Å². The lowest BCUT2D eigenvalue weighted by atomic mass is 10.0. The molecule has 2 aliphatic heterocycles. The van der Waals surface area contributed by atoms with E-state index in [1.165, 1.54) is 0 Å². The van der Waals surface area contributed by atoms with Gasteiger partial charge >= 0.3 is 0 Å². The smallest absolute Gasteiger partial charge is 0.249 e. The number of amides is 1. The molecule has 3 atom stereocenters. The highest BCUT2D eigenvalue weighted by atomic mass is 16.5. The van der Waals surface area contributed by atoms with Crippen LogP contribution in [0.1, 0.15) is 44.9 Å². The molecule has 2 saturated heterocycles. The number of nitrogens with one attached hydrogen (secondary N) is 1. The molecule has 25 heavy (non-hydrogen) atoms. The summed E-state index contributed by atoms with van der Waals surface area (Å²) in [7, 11) is 0. The second-order valence-electron chi connectivity index (χ2n) is 7.08. The first-order chi connectivity index (χ1) is 12.0. The summed E-state index contributed by atoms with van der Waals surface area (Å²) in [4.78, 5) is 27.0. The molecule has 2 aliphatic rings. The molecule has 3 N–H and O–H groups in total. The third-order valence-corrected chi connectivity index (χ3v) is 4.97. The minimum Gasteiger partial charge on any atom is -0.368 e. The van der Waals surface area contributed by atoms with Crippen molar-refractivity contribution in [3.63, 3.8) is 0 Å². The average Bonchev–Trinajstić information content (AvgIpc) is 2.86. The maximum atomic E-state index is 12.2. The van der Waals surface area contributed by atoms with Crippen LogP contribution in [-0.2, 0) is 9.53 Å². The summed E-state index contributed by atoms with van der Waals surface area (Å²) in [5.74, 6) is 2.06. The number of hydrogen-bond donors (Lipinski definition) is 2. The molecule has 0 radical (unpaired) electrons. The molecule has 1 amide bonds. The number of nitrogens with zero attached hydrogens (tertiary/aromatic N) is 4. The Kier molecular flexibility index (Phi) is 5.67. The fourth-order valence-corrected chi connectivity index (χ4v) is 3.55. The first-order valence-electron chi connectivity index (χ1n) is 9.17. The molecule has 3 heterocycles. The highest BCUT2D eigenvalue weighted by Crippen LogP contribution is 2.22. The van der Waals surface area contributed by atoms with Crippen LogP contribution in [0.3, 0.4) is 0 Å². The van der Waals surface area contributed by atoms with Crippen LogP contribution in [0.2, 0.25) is 0 Å². The van der Waals surface area contributed by atoms with Gasteiger partial charge in [-0.1, -0.05) is 0 Å². The minimum atomic E-state index is -0.270. The molecular formula is C17H28N6O2. The molecule has 1 aromatic heterocycles. The molecule has 2 fully saturated rings. The fraction of sp³-hybridized carbons (Fsp3) is 0.765. The van der Waals surface area contributed by atoms with E-state index in [0.29, 0.717) is 24.2 Å². The number of aryl methyl sites for hydroxylation is 1. The molecule has 8 nitrogen and oxygen atoms in total. The Morgan fingerprint density at radius 1 is 1.24 bits per heavy atom. The predicted octanol–water partition coefficient (Wildman–Crippen LogP) is 1.05. The van der Waals surface area contributed by atoms with Gasteiger partial charge in [-0.3, -0.25) is 4.79 Å². The Bertz CT molecular complexity index is 591. The number of nitrogens with two attached hydrogens (primary N) is 1. The Labute approximate surface area is 148 Å². The van der Waals surface area contributed by atoms with Crippen molar-refractivity contribution in [2.75, 3.05) is 30.3 Å².